The number of fused-ring (bicyclic) bond motifs is 1. The lowest BCUT2D eigenvalue weighted by Gasteiger charge is -2.14. The zero-order valence-electron chi connectivity index (χ0n) is 8.81. The van der Waals surface area contributed by atoms with Gasteiger partial charge in [-0.15, -0.1) is 0 Å². The van der Waals surface area contributed by atoms with E-state index in [1.165, 1.54) is 5.52 Å². The van der Waals surface area contributed by atoms with Gasteiger partial charge in [0.05, 0.1) is 11.0 Å². The molecule has 0 spiro atoms. The third kappa shape index (κ3) is 1.35. The number of nitrogens with zero attached hydrogens (tertiary/aromatic N) is 2. The molecule has 3 rings (SSSR count). The summed E-state index contributed by atoms with van der Waals surface area (Å²) in [4.78, 5) is 4.54. The molecule has 0 radical (unpaired) electrons. The molecule has 3 nitrogen and oxygen atoms in total. The SMILES string of the molecule is Cc1nc2ccccc2n1C1CCCO1. The summed E-state index contributed by atoms with van der Waals surface area (Å²) < 4.78 is 7.92. The number of aromatic nitrogens is 2. The lowest BCUT2D eigenvalue weighted by atomic mass is 10.3. The largest absolute Gasteiger partial charge is 0.358 e. The van der Waals surface area contributed by atoms with Crippen molar-refractivity contribution in [2.75, 3.05) is 6.61 Å². The third-order valence-corrected chi connectivity index (χ3v) is 2.97. The van der Waals surface area contributed by atoms with Crippen LogP contribution in [0.4, 0.5) is 0 Å². The summed E-state index contributed by atoms with van der Waals surface area (Å²) in [6.07, 6.45) is 2.44. The molecular formula is C12H14N2O. The Morgan fingerprint density at radius 1 is 1.40 bits per heavy atom. The number of ether oxygens (including phenoxy) is 1. The molecular weight excluding hydrogens is 188 g/mol. The van der Waals surface area contributed by atoms with E-state index in [0.29, 0.717) is 0 Å². The average molecular weight is 202 g/mol. The fourth-order valence-electron chi connectivity index (χ4n) is 2.29. The molecule has 1 unspecified atom stereocenters. The summed E-state index contributed by atoms with van der Waals surface area (Å²) in [7, 11) is 0. The predicted molar refractivity (Wildman–Crippen MR) is 58.7 cm³/mol. The Labute approximate surface area is 88.7 Å². The van der Waals surface area contributed by atoms with Gasteiger partial charge in [-0.25, -0.2) is 4.98 Å². The maximum Gasteiger partial charge on any atom is 0.135 e. The topological polar surface area (TPSA) is 27.1 Å². The number of benzene rings is 1. The molecule has 1 fully saturated rings. The second-order valence-corrected chi connectivity index (χ2v) is 3.99. The van der Waals surface area contributed by atoms with Crippen LogP contribution in [0.25, 0.3) is 11.0 Å². The van der Waals surface area contributed by atoms with Crippen LogP contribution in [-0.2, 0) is 4.74 Å². The summed E-state index contributed by atoms with van der Waals surface area (Å²) in [6, 6.07) is 8.23. The third-order valence-electron chi connectivity index (χ3n) is 2.97. The van der Waals surface area contributed by atoms with E-state index in [2.05, 4.69) is 21.7 Å². The number of imidazole rings is 1. The van der Waals surface area contributed by atoms with Crippen molar-refractivity contribution in [3.05, 3.63) is 30.1 Å². The van der Waals surface area contributed by atoms with Crippen molar-refractivity contribution in [2.24, 2.45) is 0 Å². The molecule has 1 atom stereocenters. The number of para-hydroxylation sites is 2. The minimum absolute atomic E-state index is 0.192. The molecule has 3 heteroatoms. The van der Waals surface area contributed by atoms with E-state index < -0.39 is 0 Å². The number of hydrogen-bond acceptors (Lipinski definition) is 2. The van der Waals surface area contributed by atoms with E-state index >= 15 is 0 Å². The summed E-state index contributed by atoms with van der Waals surface area (Å²) in [5.74, 6) is 1.04. The molecule has 2 aromatic rings. The van der Waals surface area contributed by atoms with Gasteiger partial charge in [-0.05, 0) is 31.9 Å². The second-order valence-electron chi connectivity index (χ2n) is 3.99. The molecule has 0 aliphatic carbocycles. The van der Waals surface area contributed by atoms with Gasteiger partial charge in [-0.3, -0.25) is 0 Å². The van der Waals surface area contributed by atoms with Gasteiger partial charge in [0, 0.05) is 6.61 Å². The summed E-state index contributed by atoms with van der Waals surface area (Å²) in [6.45, 7) is 2.91. The molecule has 1 aliphatic heterocycles. The Morgan fingerprint density at radius 2 is 2.27 bits per heavy atom. The highest BCUT2D eigenvalue weighted by Crippen LogP contribution is 2.28. The zero-order chi connectivity index (χ0) is 10.3. The van der Waals surface area contributed by atoms with E-state index in [-0.39, 0.29) is 6.23 Å². The normalized spacial score (nSPS) is 21.3. The fourth-order valence-corrected chi connectivity index (χ4v) is 2.29. The fraction of sp³-hybridized carbons (Fsp3) is 0.417. The van der Waals surface area contributed by atoms with E-state index in [9.17, 15) is 0 Å². The Balaban J connectivity index is 2.19. The molecule has 0 amide bonds. The molecule has 15 heavy (non-hydrogen) atoms. The van der Waals surface area contributed by atoms with Crippen LogP contribution >= 0.6 is 0 Å². The lowest BCUT2D eigenvalue weighted by molar-refractivity contribution is 0.0582. The first-order valence-electron chi connectivity index (χ1n) is 5.41. The van der Waals surface area contributed by atoms with Crippen LogP contribution in [0.1, 0.15) is 24.9 Å². The van der Waals surface area contributed by atoms with Crippen LogP contribution < -0.4 is 0 Å². The first-order chi connectivity index (χ1) is 7.36. The van der Waals surface area contributed by atoms with Crippen molar-refractivity contribution in [3.63, 3.8) is 0 Å². The summed E-state index contributed by atoms with van der Waals surface area (Å²) in [5, 5.41) is 0. The average Bonchev–Trinajstić information content (AvgIpc) is 2.82. The van der Waals surface area contributed by atoms with Crippen molar-refractivity contribution >= 4 is 11.0 Å². The molecule has 0 bridgehead atoms. The number of rotatable bonds is 1. The Kier molecular flexibility index (Phi) is 1.99. The van der Waals surface area contributed by atoms with Crippen molar-refractivity contribution < 1.29 is 4.74 Å². The number of hydrogen-bond donors (Lipinski definition) is 0. The monoisotopic (exact) mass is 202 g/mol. The standard InChI is InChI=1S/C12H14N2O/c1-9-13-10-5-2-3-6-11(10)14(9)12-7-4-8-15-12/h2-3,5-6,12H,4,7-8H2,1H3. The Bertz CT molecular complexity index is 483. The molecule has 0 N–H and O–H groups in total. The van der Waals surface area contributed by atoms with Gasteiger partial charge in [0.1, 0.15) is 12.1 Å². The van der Waals surface area contributed by atoms with E-state index in [1.807, 2.05) is 19.1 Å². The van der Waals surface area contributed by atoms with Gasteiger partial charge in [-0.2, -0.15) is 0 Å². The van der Waals surface area contributed by atoms with Crippen LogP contribution in [0, 0.1) is 6.92 Å². The highest BCUT2D eigenvalue weighted by Gasteiger charge is 2.21. The summed E-state index contributed by atoms with van der Waals surface area (Å²) in [5.41, 5.74) is 2.24. The van der Waals surface area contributed by atoms with E-state index in [1.54, 1.807) is 0 Å². The maximum atomic E-state index is 5.71. The zero-order valence-corrected chi connectivity index (χ0v) is 8.81. The van der Waals surface area contributed by atoms with Gasteiger partial charge >= 0.3 is 0 Å². The highest BCUT2D eigenvalue weighted by molar-refractivity contribution is 5.75. The molecule has 1 aromatic heterocycles. The predicted octanol–water partition coefficient (Wildman–Crippen LogP) is 2.65. The van der Waals surface area contributed by atoms with Crippen LogP contribution in [0.3, 0.4) is 0 Å². The molecule has 2 heterocycles. The Hall–Kier alpha value is -1.35. The van der Waals surface area contributed by atoms with Crippen molar-refractivity contribution in [1.29, 1.82) is 0 Å². The smallest absolute Gasteiger partial charge is 0.135 e. The van der Waals surface area contributed by atoms with Crippen LogP contribution in [-0.4, -0.2) is 16.2 Å². The molecule has 1 aliphatic rings. The second kappa shape index (κ2) is 3.35. The molecule has 78 valence electrons. The van der Waals surface area contributed by atoms with Crippen molar-refractivity contribution in [1.82, 2.24) is 9.55 Å². The lowest BCUT2D eigenvalue weighted by Crippen LogP contribution is -2.08. The molecule has 1 aromatic carbocycles. The summed E-state index contributed by atoms with van der Waals surface area (Å²) >= 11 is 0. The van der Waals surface area contributed by atoms with Gasteiger partial charge < -0.3 is 9.30 Å². The van der Waals surface area contributed by atoms with Gasteiger partial charge in [0.15, 0.2) is 0 Å². The minimum Gasteiger partial charge on any atom is -0.358 e. The first kappa shape index (κ1) is 8.92. The highest BCUT2D eigenvalue weighted by atomic mass is 16.5. The minimum atomic E-state index is 0.192. The van der Waals surface area contributed by atoms with Crippen molar-refractivity contribution in [3.8, 4) is 0 Å². The molecule has 0 saturated carbocycles. The van der Waals surface area contributed by atoms with E-state index in [0.717, 1.165) is 30.8 Å². The van der Waals surface area contributed by atoms with Gasteiger partial charge in [0.2, 0.25) is 0 Å². The van der Waals surface area contributed by atoms with Gasteiger partial charge in [0.25, 0.3) is 0 Å². The quantitative estimate of drug-likeness (QED) is 0.710. The van der Waals surface area contributed by atoms with Crippen molar-refractivity contribution in [2.45, 2.75) is 26.0 Å². The van der Waals surface area contributed by atoms with Gasteiger partial charge in [-0.1, -0.05) is 12.1 Å². The van der Waals surface area contributed by atoms with E-state index in [4.69, 9.17) is 4.74 Å². The number of aryl methyl sites for hydroxylation is 1. The van der Waals surface area contributed by atoms with Crippen LogP contribution in [0.5, 0.6) is 0 Å². The first-order valence-corrected chi connectivity index (χ1v) is 5.41. The van der Waals surface area contributed by atoms with Crippen LogP contribution in [0.2, 0.25) is 0 Å². The Morgan fingerprint density at radius 3 is 3.07 bits per heavy atom. The van der Waals surface area contributed by atoms with Crippen LogP contribution in [0.15, 0.2) is 24.3 Å². The maximum absolute atomic E-state index is 5.71. The molecule has 1 saturated heterocycles.